The predicted octanol–water partition coefficient (Wildman–Crippen LogP) is 6.03. The molecule has 1 aromatic heterocycles. The third-order valence-electron chi connectivity index (χ3n) is 11.7. The van der Waals surface area contributed by atoms with E-state index in [0.29, 0.717) is 60.9 Å². The highest BCUT2D eigenvalue weighted by atomic mass is 32.1. The van der Waals surface area contributed by atoms with Crippen LogP contribution in [-0.2, 0) is 25.4 Å². The van der Waals surface area contributed by atoms with E-state index < -0.39 is 46.5 Å². The molecule has 0 radical (unpaired) electrons. The number of hydrogen-bond acceptors (Lipinski definition) is 11. The number of amides is 3. The number of piperazine rings is 1. The third-order valence-corrected chi connectivity index (χ3v) is 12.0. The van der Waals surface area contributed by atoms with Crippen molar-refractivity contribution in [2.45, 2.75) is 62.7 Å². The van der Waals surface area contributed by atoms with E-state index in [4.69, 9.17) is 26.1 Å². The van der Waals surface area contributed by atoms with E-state index in [0.717, 1.165) is 23.8 Å². The van der Waals surface area contributed by atoms with Crippen LogP contribution in [0, 0.1) is 17.1 Å². The van der Waals surface area contributed by atoms with Crippen LogP contribution in [-0.4, -0.2) is 89.0 Å². The summed E-state index contributed by atoms with van der Waals surface area (Å²) in [7, 11) is 0. The average Bonchev–Trinajstić information content (AvgIpc) is 3.84. The lowest BCUT2D eigenvalue weighted by Crippen LogP contribution is -2.54. The van der Waals surface area contributed by atoms with Crippen molar-refractivity contribution in [1.29, 1.82) is 5.26 Å². The molecule has 18 heteroatoms. The van der Waals surface area contributed by atoms with Crippen molar-refractivity contribution in [1.82, 2.24) is 15.1 Å². The highest BCUT2D eigenvalue weighted by molar-refractivity contribution is 7.81. The molecule has 3 saturated heterocycles. The number of alkyl halides is 3. The van der Waals surface area contributed by atoms with Crippen molar-refractivity contribution in [2.75, 3.05) is 49.1 Å². The van der Waals surface area contributed by atoms with Crippen LogP contribution in [0.15, 0.2) is 65.3 Å². The highest BCUT2D eigenvalue weighted by Crippen LogP contribution is 2.44. The Morgan fingerprint density at radius 3 is 2.42 bits per heavy atom. The number of ether oxygens (including phenoxy) is 2. The molecule has 4 fully saturated rings. The lowest BCUT2D eigenvalue weighted by molar-refractivity contribution is -0.138. The monoisotopic (exact) mass is 846 g/mol. The van der Waals surface area contributed by atoms with E-state index in [1.807, 2.05) is 4.90 Å². The molecule has 1 saturated carbocycles. The van der Waals surface area contributed by atoms with E-state index in [-0.39, 0.29) is 59.2 Å². The van der Waals surface area contributed by atoms with Crippen molar-refractivity contribution in [2.24, 2.45) is 0 Å². The van der Waals surface area contributed by atoms with E-state index in [1.165, 1.54) is 55.3 Å². The quantitative estimate of drug-likeness (QED) is 0.0653. The van der Waals surface area contributed by atoms with Crippen molar-refractivity contribution < 1.29 is 50.6 Å². The number of furan rings is 1. The Balaban J connectivity index is 0.849. The third kappa shape index (κ3) is 7.57. The van der Waals surface area contributed by atoms with E-state index in [9.17, 15) is 37.6 Å². The number of thiocarbonyl (C=S) groups is 1. The van der Waals surface area contributed by atoms with Gasteiger partial charge in [0.15, 0.2) is 16.7 Å². The number of carbonyl (C=O) groups excluding carboxylic acids is 4. The number of benzene rings is 3. The van der Waals surface area contributed by atoms with Gasteiger partial charge in [0, 0.05) is 61.4 Å². The number of piperidine rings is 1. The van der Waals surface area contributed by atoms with Crippen LogP contribution in [0.2, 0.25) is 0 Å². The van der Waals surface area contributed by atoms with Gasteiger partial charge in [-0.05, 0) is 87.8 Å². The Bertz CT molecular complexity index is 2490. The SMILES string of the molecule is CC1(C)C(=O)N(c2ccc(C#N)c(C(F)(F)F)c2)C(=S)N1c1ccc(OCC2(N3CCN(CC(=O)Oc4ccc5c(C6CCC(=O)NC6=O)coc5c4)CC3)CC2)c(F)c1. The number of fused-ring (bicyclic) bond motifs is 1. The summed E-state index contributed by atoms with van der Waals surface area (Å²) < 4.78 is 74.2. The van der Waals surface area contributed by atoms with Crippen LogP contribution >= 0.6 is 12.2 Å². The molecule has 4 aromatic rings. The second-order valence-electron chi connectivity index (χ2n) is 15.9. The first-order valence-corrected chi connectivity index (χ1v) is 19.7. The number of anilines is 2. The molecular weight excluding hydrogens is 809 g/mol. The van der Waals surface area contributed by atoms with Crippen LogP contribution in [0.5, 0.6) is 11.5 Å². The van der Waals surface area contributed by atoms with Crippen molar-refractivity contribution in [3.05, 3.63) is 83.4 Å². The molecule has 3 amide bonds. The summed E-state index contributed by atoms with van der Waals surface area (Å²) in [5, 5.41) is 12.1. The first-order chi connectivity index (χ1) is 28.5. The van der Waals surface area contributed by atoms with Crippen LogP contribution in [0.3, 0.4) is 0 Å². The van der Waals surface area contributed by atoms with Gasteiger partial charge in [-0.25, -0.2) is 4.39 Å². The fraction of sp³-hybridized carbons (Fsp3) is 0.381. The number of nitriles is 1. The largest absolute Gasteiger partial charge is 0.489 e. The Labute approximate surface area is 346 Å². The van der Waals surface area contributed by atoms with Crippen LogP contribution in [0.25, 0.3) is 11.0 Å². The predicted molar refractivity (Wildman–Crippen MR) is 212 cm³/mol. The van der Waals surface area contributed by atoms with Gasteiger partial charge in [0.25, 0.3) is 5.91 Å². The number of carbonyl (C=O) groups is 4. The first-order valence-electron chi connectivity index (χ1n) is 19.2. The van der Waals surface area contributed by atoms with Gasteiger partial charge in [0.2, 0.25) is 11.8 Å². The van der Waals surface area contributed by atoms with Crippen LogP contribution in [0.1, 0.15) is 62.1 Å². The zero-order valence-corrected chi connectivity index (χ0v) is 33.3. The average molecular weight is 847 g/mol. The molecule has 8 rings (SSSR count). The number of nitrogens with zero attached hydrogens (tertiary/aromatic N) is 5. The lowest BCUT2D eigenvalue weighted by Gasteiger charge is -2.39. The summed E-state index contributed by atoms with van der Waals surface area (Å²) >= 11 is 5.58. The van der Waals surface area contributed by atoms with Gasteiger partial charge in [-0.2, -0.15) is 18.4 Å². The minimum Gasteiger partial charge on any atom is -0.489 e. The molecule has 3 aliphatic heterocycles. The molecule has 1 aliphatic carbocycles. The highest BCUT2D eigenvalue weighted by Gasteiger charge is 2.52. The first kappa shape index (κ1) is 40.9. The maximum Gasteiger partial charge on any atom is 0.417 e. The van der Waals surface area contributed by atoms with Crippen LogP contribution in [0.4, 0.5) is 28.9 Å². The van der Waals surface area contributed by atoms with Gasteiger partial charge in [0.05, 0.1) is 47.1 Å². The van der Waals surface area contributed by atoms with Crippen molar-refractivity contribution >= 4 is 63.4 Å². The zero-order valence-electron chi connectivity index (χ0n) is 32.4. The fourth-order valence-electron chi connectivity index (χ4n) is 8.19. The summed E-state index contributed by atoms with van der Waals surface area (Å²) in [6, 6.07) is 13.5. The Morgan fingerprint density at radius 1 is 1.02 bits per heavy atom. The minimum absolute atomic E-state index is 0.0145. The summed E-state index contributed by atoms with van der Waals surface area (Å²) in [5.74, 6) is -2.67. The Morgan fingerprint density at radius 2 is 1.75 bits per heavy atom. The molecule has 13 nitrogen and oxygen atoms in total. The number of esters is 1. The molecule has 4 aliphatic rings. The number of imide groups is 1. The summed E-state index contributed by atoms with van der Waals surface area (Å²) in [6.45, 7) is 5.82. The molecule has 1 unspecified atom stereocenters. The standard InChI is InChI=1S/C42H38F4N6O7S/c1-40(2)38(56)51(25-4-3-24(20-47)31(17-25)42(44,45)46)39(60)52(40)26-5-9-33(32(43)18-26)58-23-41(11-12-41)50-15-13-49(14-16-50)21-36(54)59-27-6-7-28-30(22-57-34(28)19-27)29-8-10-35(53)48-37(29)55/h3-7,9,17-19,22,29H,8,10-16,21,23H2,1-2H3,(H,48,53,55). The summed E-state index contributed by atoms with van der Waals surface area (Å²) in [4.78, 5) is 57.1. The second-order valence-corrected chi connectivity index (χ2v) is 16.2. The van der Waals surface area contributed by atoms with Gasteiger partial charge in [-0.3, -0.25) is 39.2 Å². The van der Waals surface area contributed by atoms with Crippen molar-refractivity contribution in [3.8, 4) is 17.6 Å². The van der Waals surface area contributed by atoms with E-state index in [2.05, 4.69) is 10.2 Å². The maximum atomic E-state index is 15.7. The second kappa shape index (κ2) is 15.3. The van der Waals surface area contributed by atoms with E-state index in [1.54, 1.807) is 18.2 Å². The molecule has 60 heavy (non-hydrogen) atoms. The number of halogens is 4. The molecule has 4 heterocycles. The molecule has 0 spiro atoms. The lowest BCUT2D eigenvalue weighted by atomic mass is 9.90. The van der Waals surface area contributed by atoms with Gasteiger partial charge >= 0.3 is 12.1 Å². The molecule has 3 aromatic carbocycles. The number of nitrogens with one attached hydrogen (secondary N) is 1. The number of rotatable bonds is 10. The summed E-state index contributed by atoms with van der Waals surface area (Å²) in [5.41, 5.74) is -2.34. The Hall–Kier alpha value is -5.90. The molecule has 0 bridgehead atoms. The van der Waals surface area contributed by atoms with Gasteiger partial charge in [-0.1, -0.05) is 0 Å². The minimum atomic E-state index is -4.85. The number of hydrogen-bond donors (Lipinski definition) is 1. The molecule has 312 valence electrons. The fourth-order valence-corrected chi connectivity index (χ4v) is 8.71. The molecular formula is C42H38F4N6O7S. The van der Waals surface area contributed by atoms with Gasteiger partial charge in [0.1, 0.15) is 23.5 Å². The summed E-state index contributed by atoms with van der Waals surface area (Å²) in [6.07, 6.45) is -1.04. The topological polar surface area (TPSA) is 149 Å². The van der Waals surface area contributed by atoms with Gasteiger partial charge < -0.3 is 18.8 Å². The maximum absolute atomic E-state index is 15.7. The normalized spacial score (nSPS) is 20.6. The zero-order chi connectivity index (χ0) is 42.7. The molecule has 1 N–H and O–H groups in total. The van der Waals surface area contributed by atoms with E-state index >= 15 is 4.39 Å². The van der Waals surface area contributed by atoms with Crippen LogP contribution < -0.4 is 24.6 Å². The molecule has 1 atom stereocenters. The van der Waals surface area contributed by atoms with Crippen molar-refractivity contribution in [3.63, 3.8) is 0 Å². The Kier molecular flexibility index (Phi) is 10.4. The van der Waals surface area contributed by atoms with Gasteiger partial charge in [-0.15, -0.1) is 0 Å². The smallest absolute Gasteiger partial charge is 0.417 e.